The van der Waals surface area contributed by atoms with E-state index >= 15 is 0 Å². The predicted octanol–water partition coefficient (Wildman–Crippen LogP) is 3.71. The summed E-state index contributed by atoms with van der Waals surface area (Å²) in [6.07, 6.45) is -0.164. The number of hydrogen-bond donors (Lipinski definition) is 1. The van der Waals surface area contributed by atoms with Gasteiger partial charge in [-0.1, -0.05) is 72.8 Å². The Balaban J connectivity index is 1.25. The maximum atomic E-state index is 12.3. The van der Waals surface area contributed by atoms with Crippen molar-refractivity contribution in [1.82, 2.24) is 5.32 Å². The van der Waals surface area contributed by atoms with Gasteiger partial charge in [0.15, 0.2) is 18.1 Å². The van der Waals surface area contributed by atoms with Crippen molar-refractivity contribution in [2.75, 3.05) is 19.8 Å². The van der Waals surface area contributed by atoms with E-state index in [-0.39, 0.29) is 25.0 Å². The average Bonchev–Trinajstić information content (AvgIpc) is 2.86. The molecule has 6 heteroatoms. The zero-order chi connectivity index (χ0) is 22.2. The Morgan fingerprint density at radius 2 is 1.47 bits per heavy atom. The summed E-state index contributed by atoms with van der Waals surface area (Å²) in [6.45, 7) is 0.149. The first-order chi connectivity index (χ1) is 15.7. The number of carbonyl (C=O) groups is 2. The van der Waals surface area contributed by atoms with Crippen molar-refractivity contribution in [1.29, 1.82) is 0 Å². The van der Waals surface area contributed by atoms with E-state index in [4.69, 9.17) is 14.2 Å². The summed E-state index contributed by atoms with van der Waals surface area (Å²) in [4.78, 5) is 24.5. The highest BCUT2D eigenvalue weighted by atomic mass is 16.6. The van der Waals surface area contributed by atoms with Crippen molar-refractivity contribution in [2.45, 2.75) is 18.4 Å². The van der Waals surface area contributed by atoms with Crippen molar-refractivity contribution >= 4 is 11.9 Å². The van der Waals surface area contributed by atoms with Crippen LogP contribution in [0.25, 0.3) is 0 Å². The smallest absolute Gasteiger partial charge is 0.351 e. The lowest BCUT2D eigenvalue weighted by atomic mass is 9.88. The molecular formula is C26H25NO5. The number of fused-ring (bicyclic) bond motifs is 1. The van der Waals surface area contributed by atoms with E-state index in [0.717, 1.165) is 6.42 Å². The van der Waals surface area contributed by atoms with E-state index < -0.39 is 12.1 Å². The van der Waals surface area contributed by atoms with Crippen molar-refractivity contribution in [3.05, 3.63) is 96.1 Å². The van der Waals surface area contributed by atoms with E-state index in [0.29, 0.717) is 18.0 Å². The van der Waals surface area contributed by atoms with Crippen LogP contribution in [-0.2, 0) is 14.3 Å². The number of hydrogen-bond acceptors (Lipinski definition) is 5. The lowest BCUT2D eigenvalue weighted by Gasteiger charge is -2.24. The van der Waals surface area contributed by atoms with Crippen LogP contribution in [0.15, 0.2) is 84.9 Å². The van der Waals surface area contributed by atoms with E-state index in [1.807, 2.05) is 42.5 Å². The Bertz CT molecular complexity index is 999. The van der Waals surface area contributed by atoms with Gasteiger partial charge in [0.25, 0.3) is 5.91 Å². The number of ether oxygens (including phenoxy) is 3. The molecular weight excluding hydrogens is 406 g/mol. The zero-order valence-electron chi connectivity index (χ0n) is 17.6. The van der Waals surface area contributed by atoms with E-state index in [1.54, 1.807) is 18.2 Å². The van der Waals surface area contributed by atoms with Gasteiger partial charge in [0.2, 0.25) is 6.10 Å². The summed E-state index contributed by atoms with van der Waals surface area (Å²) >= 11 is 0. The first kappa shape index (κ1) is 21.4. The standard InChI is InChI=1S/C26H25NO5/c28-25(18-31-26(29)24-17-30-22-13-7-8-14-23(22)32-24)27-16-15-21(19-9-3-1-4-10-19)20-11-5-2-6-12-20/h1-14,21,24H,15-18H2,(H,27,28). The summed E-state index contributed by atoms with van der Waals surface area (Å²) in [7, 11) is 0. The van der Waals surface area contributed by atoms with Gasteiger partial charge in [-0.2, -0.15) is 0 Å². The largest absolute Gasteiger partial charge is 0.485 e. The number of nitrogens with one attached hydrogen (secondary N) is 1. The lowest BCUT2D eigenvalue weighted by molar-refractivity contribution is -0.157. The Hall–Kier alpha value is -3.80. The summed E-state index contributed by atoms with van der Waals surface area (Å²) < 4.78 is 16.2. The van der Waals surface area contributed by atoms with Crippen LogP contribution in [0.4, 0.5) is 0 Å². The quantitative estimate of drug-likeness (QED) is 0.551. The highest BCUT2D eigenvalue weighted by Crippen LogP contribution is 2.31. The van der Waals surface area contributed by atoms with Gasteiger partial charge in [0.1, 0.15) is 6.61 Å². The van der Waals surface area contributed by atoms with Crippen LogP contribution in [0.5, 0.6) is 11.5 Å². The van der Waals surface area contributed by atoms with Gasteiger partial charge in [-0.25, -0.2) is 4.79 Å². The highest BCUT2D eigenvalue weighted by molar-refractivity contribution is 5.82. The number of para-hydroxylation sites is 2. The number of esters is 1. The zero-order valence-corrected chi connectivity index (χ0v) is 17.6. The molecule has 3 aromatic carbocycles. The number of benzene rings is 3. The second-order valence-corrected chi connectivity index (χ2v) is 7.48. The molecule has 1 aliphatic heterocycles. The third-order valence-electron chi connectivity index (χ3n) is 5.28. The Morgan fingerprint density at radius 1 is 0.875 bits per heavy atom. The fourth-order valence-corrected chi connectivity index (χ4v) is 3.67. The average molecular weight is 431 g/mol. The third-order valence-corrected chi connectivity index (χ3v) is 5.28. The van der Waals surface area contributed by atoms with Crippen LogP contribution >= 0.6 is 0 Å². The fraction of sp³-hybridized carbons (Fsp3) is 0.231. The first-order valence-electron chi connectivity index (χ1n) is 10.6. The minimum atomic E-state index is -0.891. The second kappa shape index (κ2) is 10.5. The van der Waals surface area contributed by atoms with E-state index in [9.17, 15) is 9.59 Å². The molecule has 0 bridgehead atoms. The maximum absolute atomic E-state index is 12.3. The molecule has 32 heavy (non-hydrogen) atoms. The first-order valence-corrected chi connectivity index (χ1v) is 10.6. The number of rotatable bonds is 8. The molecule has 4 rings (SSSR count). The molecule has 1 N–H and O–H groups in total. The van der Waals surface area contributed by atoms with Crippen molar-refractivity contribution in [2.24, 2.45) is 0 Å². The molecule has 1 amide bonds. The molecule has 1 unspecified atom stereocenters. The SMILES string of the molecule is O=C(COC(=O)C1COc2ccccc2O1)NCCC(c1ccccc1)c1ccccc1. The van der Waals surface area contributed by atoms with Gasteiger partial charge in [-0.05, 0) is 29.7 Å². The third kappa shape index (κ3) is 5.46. The molecule has 1 aliphatic rings. The van der Waals surface area contributed by atoms with Crippen molar-refractivity contribution < 1.29 is 23.8 Å². The molecule has 0 saturated carbocycles. The fourth-order valence-electron chi connectivity index (χ4n) is 3.67. The molecule has 1 heterocycles. The minimum Gasteiger partial charge on any atom is -0.485 e. The molecule has 1 atom stereocenters. The van der Waals surface area contributed by atoms with Crippen molar-refractivity contribution in [3.63, 3.8) is 0 Å². The van der Waals surface area contributed by atoms with Gasteiger partial charge < -0.3 is 19.5 Å². The Labute approximate surface area is 187 Å². The van der Waals surface area contributed by atoms with Crippen LogP contribution in [0, 0.1) is 0 Å². The normalized spacial score (nSPS) is 14.6. The van der Waals surface area contributed by atoms with Gasteiger partial charge in [-0.3, -0.25) is 4.79 Å². The predicted molar refractivity (Wildman–Crippen MR) is 120 cm³/mol. The van der Waals surface area contributed by atoms with Gasteiger partial charge >= 0.3 is 5.97 Å². The van der Waals surface area contributed by atoms with E-state index in [1.165, 1.54) is 11.1 Å². The molecule has 0 spiro atoms. The monoisotopic (exact) mass is 431 g/mol. The van der Waals surface area contributed by atoms with Gasteiger partial charge in [0.05, 0.1) is 0 Å². The summed E-state index contributed by atoms with van der Waals surface area (Å²) in [5, 5.41) is 2.84. The van der Waals surface area contributed by atoms with Gasteiger partial charge in [0, 0.05) is 12.5 Å². The number of carbonyl (C=O) groups excluding carboxylic acids is 2. The summed E-state index contributed by atoms with van der Waals surface area (Å²) in [5.41, 5.74) is 2.38. The van der Waals surface area contributed by atoms with E-state index in [2.05, 4.69) is 29.6 Å². The van der Waals surface area contributed by atoms with Crippen LogP contribution in [0.2, 0.25) is 0 Å². The summed E-state index contributed by atoms with van der Waals surface area (Å²) in [6, 6.07) is 27.5. The Kier molecular flexibility index (Phi) is 7.02. The molecule has 0 aliphatic carbocycles. The van der Waals surface area contributed by atoms with Crippen molar-refractivity contribution in [3.8, 4) is 11.5 Å². The van der Waals surface area contributed by atoms with Crippen LogP contribution < -0.4 is 14.8 Å². The molecule has 0 aromatic heterocycles. The molecule has 164 valence electrons. The molecule has 0 fully saturated rings. The maximum Gasteiger partial charge on any atom is 0.351 e. The lowest BCUT2D eigenvalue weighted by Crippen LogP contribution is -2.39. The van der Waals surface area contributed by atoms with Crippen LogP contribution in [-0.4, -0.2) is 37.7 Å². The topological polar surface area (TPSA) is 73.9 Å². The Morgan fingerprint density at radius 3 is 2.12 bits per heavy atom. The van der Waals surface area contributed by atoms with Crippen LogP contribution in [0.1, 0.15) is 23.5 Å². The second-order valence-electron chi connectivity index (χ2n) is 7.48. The molecule has 0 saturated heterocycles. The molecule has 6 nitrogen and oxygen atoms in total. The summed E-state index contributed by atoms with van der Waals surface area (Å²) in [5.74, 6) is 0.253. The highest BCUT2D eigenvalue weighted by Gasteiger charge is 2.29. The minimum absolute atomic E-state index is 0.0489. The molecule has 0 radical (unpaired) electrons. The van der Waals surface area contributed by atoms with Crippen LogP contribution in [0.3, 0.4) is 0 Å². The number of amides is 1. The molecule has 3 aromatic rings. The van der Waals surface area contributed by atoms with Gasteiger partial charge in [-0.15, -0.1) is 0 Å².